The maximum atomic E-state index is 5.71. The second-order valence-electron chi connectivity index (χ2n) is 4.91. The van der Waals surface area contributed by atoms with Gasteiger partial charge in [0.25, 0.3) is 0 Å². The lowest BCUT2D eigenvalue weighted by atomic mass is 10.3. The number of rotatable bonds is 10. The molecule has 4 heteroatoms. The lowest BCUT2D eigenvalue weighted by Gasteiger charge is -2.10. The zero-order valence-corrected chi connectivity index (χ0v) is 13.4. The van der Waals surface area contributed by atoms with E-state index >= 15 is 0 Å². The van der Waals surface area contributed by atoms with Gasteiger partial charge in [-0.05, 0) is 30.0 Å². The molecule has 0 atom stereocenters. The molecule has 3 nitrogen and oxygen atoms in total. The van der Waals surface area contributed by atoms with Crippen molar-refractivity contribution in [2.75, 3.05) is 25.0 Å². The van der Waals surface area contributed by atoms with Gasteiger partial charge < -0.3 is 15.4 Å². The highest BCUT2D eigenvalue weighted by molar-refractivity contribution is 7.09. The van der Waals surface area contributed by atoms with Gasteiger partial charge in [-0.3, -0.25) is 0 Å². The van der Waals surface area contributed by atoms with Crippen LogP contribution < -0.4 is 15.4 Å². The van der Waals surface area contributed by atoms with E-state index in [1.807, 2.05) is 12.1 Å². The molecule has 0 aliphatic carbocycles. The van der Waals surface area contributed by atoms with E-state index in [-0.39, 0.29) is 0 Å². The van der Waals surface area contributed by atoms with Crippen LogP contribution in [0.5, 0.6) is 5.75 Å². The quantitative estimate of drug-likeness (QED) is 0.648. The summed E-state index contributed by atoms with van der Waals surface area (Å²) in [5.74, 6) is 0.944. The van der Waals surface area contributed by atoms with Gasteiger partial charge in [0.1, 0.15) is 5.75 Å². The van der Waals surface area contributed by atoms with Gasteiger partial charge in [-0.15, -0.1) is 11.3 Å². The number of hydrogen-bond acceptors (Lipinski definition) is 4. The first-order valence-electron chi connectivity index (χ1n) is 7.58. The maximum Gasteiger partial charge on any atom is 0.121 e. The third kappa shape index (κ3) is 6.19. The molecule has 1 aromatic heterocycles. The molecule has 2 aromatic rings. The first-order valence-corrected chi connectivity index (χ1v) is 8.46. The molecule has 0 spiro atoms. The molecule has 0 bridgehead atoms. The minimum absolute atomic E-state index is 0.794. The van der Waals surface area contributed by atoms with Crippen LogP contribution in [0.3, 0.4) is 0 Å². The Bertz CT molecular complexity index is 499. The summed E-state index contributed by atoms with van der Waals surface area (Å²) in [4.78, 5) is 1.38. The standard InChI is InChI=1S/C17H24N2OS/c1-2-3-11-20-16-7-4-6-15(13-16)19-10-9-18-14-17-8-5-12-21-17/h4-8,12-13,18-19H,2-3,9-11,14H2,1H3. The molecule has 114 valence electrons. The molecule has 0 aliphatic rings. The fourth-order valence-electron chi connectivity index (χ4n) is 1.95. The molecule has 0 saturated carbocycles. The number of nitrogens with one attached hydrogen (secondary N) is 2. The third-order valence-corrected chi connectivity index (χ3v) is 3.99. The number of benzene rings is 1. The molecule has 0 saturated heterocycles. The van der Waals surface area contributed by atoms with Crippen LogP contribution in [0.4, 0.5) is 5.69 Å². The van der Waals surface area contributed by atoms with E-state index in [1.54, 1.807) is 11.3 Å². The fourth-order valence-corrected chi connectivity index (χ4v) is 2.62. The van der Waals surface area contributed by atoms with Crippen LogP contribution in [0.25, 0.3) is 0 Å². The van der Waals surface area contributed by atoms with Gasteiger partial charge >= 0.3 is 0 Å². The molecule has 1 aromatic carbocycles. The second-order valence-corrected chi connectivity index (χ2v) is 5.95. The summed E-state index contributed by atoms with van der Waals surface area (Å²) < 4.78 is 5.71. The van der Waals surface area contributed by atoms with E-state index in [4.69, 9.17) is 4.74 Å². The van der Waals surface area contributed by atoms with Crippen molar-refractivity contribution in [3.63, 3.8) is 0 Å². The van der Waals surface area contributed by atoms with Gasteiger partial charge in [-0.1, -0.05) is 25.5 Å². The van der Waals surface area contributed by atoms with Crippen molar-refractivity contribution in [2.24, 2.45) is 0 Å². The highest BCUT2D eigenvalue weighted by Gasteiger charge is 1.97. The van der Waals surface area contributed by atoms with Gasteiger partial charge in [0, 0.05) is 36.3 Å². The van der Waals surface area contributed by atoms with Gasteiger partial charge in [0.15, 0.2) is 0 Å². The van der Waals surface area contributed by atoms with E-state index in [1.165, 1.54) is 4.88 Å². The second kappa shape index (κ2) is 9.42. The van der Waals surface area contributed by atoms with Crippen molar-refractivity contribution >= 4 is 17.0 Å². The normalized spacial score (nSPS) is 10.5. The molecule has 0 fully saturated rings. The lowest BCUT2D eigenvalue weighted by Crippen LogP contribution is -2.21. The van der Waals surface area contributed by atoms with Crippen molar-refractivity contribution in [3.05, 3.63) is 46.7 Å². The highest BCUT2D eigenvalue weighted by atomic mass is 32.1. The number of ether oxygens (including phenoxy) is 1. The molecular weight excluding hydrogens is 280 g/mol. The third-order valence-electron chi connectivity index (χ3n) is 3.11. The van der Waals surface area contributed by atoms with Gasteiger partial charge in [0.2, 0.25) is 0 Å². The molecule has 0 aliphatic heterocycles. The summed E-state index contributed by atoms with van der Waals surface area (Å²) >= 11 is 1.79. The zero-order chi connectivity index (χ0) is 14.8. The number of anilines is 1. The summed E-state index contributed by atoms with van der Waals surface area (Å²) in [7, 11) is 0. The Morgan fingerprint density at radius 2 is 2.10 bits per heavy atom. The van der Waals surface area contributed by atoms with Gasteiger partial charge in [-0.25, -0.2) is 0 Å². The van der Waals surface area contributed by atoms with Crippen LogP contribution in [-0.4, -0.2) is 19.7 Å². The average Bonchev–Trinajstić information content (AvgIpc) is 3.01. The van der Waals surface area contributed by atoms with Crippen molar-refractivity contribution in [2.45, 2.75) is 26.3 Å². The van der Waals surface area contributed by atoms with Crippen molar-refractivity contribution in [1.29, 1.82) is 0 Å². The van der Waals surface area contributed by atoms with E-state index in [2.05, 4.69) is 47.2 Å². The first-order chi connectivity index (χ1) is 10.4. The van der Waals surface area contributed by atoms with E-state index in [0.717, 1.165) is 50.5 Å². The predicted molar refractivity (Wildman–Crippen MR) is 91.4 cm³/mol. The maximum absolute atomic E-state index is 5.71. The molecule has 21 heavy (non-hydrogen) atoms. The molecule has 0 unspecified atom stereocenters. The van der Waals surface area contributed by atoms with E-state index in [9.17, 15) is 0 Å². The van der Waals surface area contributed by atoms with Crippen molar-refractivity contribution < 1.29 is 4.74 Å². The lowest BCUT2D eigenvalue weighted by molar-refractivity contribution is 0.309. The molecule has 2 N–H and O–H groups in total. The van der Waals surface area contributed by atoms with Crippen LogP contribution >= 0.6 is 11.3 Å². The molecule has 2 rings (SSSR count). The number of hydrogen-bond donors (Lipinski definition) is 2. The molecule has 1 heterocycles. The molecular formula is C17H24N2OS. The summed E-state index contributed by atoms with van der Waals surface area (Å²) in [6.45, 7) is 5.76. The Hall–Kier alpha value is -1.52. The summed E-state index contributed by atoms with van der Waals surface area (Å²) in [6.07, 6.45) is 2.26. The van der Waals surface area contributed by atoms with E-state index in [0.29, 0.717) is 0 Å². The minimum atomic E-state index is 0.794. The molecule has 0 radical (unpaired) electrons. The number of unbranched alkanes of at least 4 members (excludes halogenated alkanes) is 1. The number of thiophene rings is 1. The Balaban J connectivity index is 1.64. The molecule has 0 amide bonds. The summed E-state index contributed by atoms with van der Waals surface area (Å²) in [6, 6.07) is 12.4. The average molecular weight is 304 g/mol. The van der Waals surface area contributed by atoms with Crippen molar-refractivity contribution in [1.82, 2.24) is 5.32 Å². The van der Waals surface area contributed by atoms with E-state index < -0.39 is 0 Å². The first kappa shape index (κ1) is 15.9. The topological polar surface area (TPSA) is 33.3 Å². The summed E-state index contributed by atoms with van der Waals surface area (Å²) in [5, 5.41) is 8.96. The monoisotopic (exact) mass is 304 g/mol. The Kier molecular flexibility index (Phi) is 7.12. The Morgan fingerprint density at radius 1 is 1.14 bits per heavy atom. The van der Waals surface area contributed by atoms with Crippen LogP contribution in [0.15, 0.2) is 41.8 Å². The largest absolute Gasteiger partial charge is 0.494 e. The van der Waals surface area contributed by atoms with Gasteiger partial charge in [-0.2, -0.15) is 0 Å². The van der Waals surface area contributed by atoms with Crippen LogP contribution in [0, 0.1) is 0 Å². The minimum Gasteiger partial charge on any atom is -0.494 e. The Labute approximate surface area is 131 Å². The summed E-state index contributed by atoms with van der Waals surface area (Å²) in [5.41, 5.74) is 1.11. The van der Waals surface area contributed by atoms with Crippen LogP contribution in [0.1, 0.15) is 24.6 Å². The highest BCUT2D eigenvalue weighted by Crippen LogP contribution is 2.17. The zero-order valence-electron chi connectivity index (χ0n) is 12.6. The Morgan fingerprint density at radius 3 is 2.90 bits per heavy atom. The van der Waals surface area contributed by atoms with Crippen molar-refractivity contribution in [3.8, 4) is 5.75 Å². The predicted octanol–water partition coefficient (Wildman–Crippen LogP) is 4.13. The SMILES string of the molecule is CCCCOc1cccc(NCCNCc2cccs2)c1. The smallest absolute Gasteiger partial charge is 0.121 e. The fraction of sp³-hybridized carbons (Fsp3) is 0.412. The van der Waals surface area contributed by atoms with Crippen LogP contribution in [-0.2, 0) is 6.54 Å². The van der Waals surface area contributed by atoms with Crippen LogP contribution in [0.2, 0.25) is 0 Å². The van der Waals surface area contributed by atoms with Gasteiger partial charge in [0.05, 0.1) is 6.61 Å².